The van der Waals surface area contributed by atoms with Gasteiger partial charge < -0.3 is 5.73 Å². The van der Waals surface area contributed by atoms with Crippen LogP contribution in [0.15, 0.2) is 49.1 Å². The van der Waals surface area contributed by atoms with Gasteiger partial charge in [0, 0.05) is 10.6 Å². The lowest BCUT2D eigenvalue weighted by molar-refractivity contribution is 0.747. The van der Waals surface area contributed by atoms with Gasteiger partial charge in [0.1, 0.15) is 0 Å². The molecule has 27 heavy (non-hydrogen) atoms. The van der Waals surface area contributed by atoms with E-state index in [1.165, 1.54) is 45.6 Å². The lowest BCUT2D eigenvalue weighted by Gasteiger charge is -2.09. The van der Waals surface area contributed by atoms with Crippen molar-refractivity contribution in [3.05, 3.63) is 82.4 Å². The van der Waals surface area contributed by atoms with Crippen molar-refractivity contribution in [2.24, 2.45) is 0 Å². The number of aryl methyl sites for hydroxylation is 3. The third-order valence-electron chi connectivity index (χ3n) is 5.31. The Balaban J connectivity index is 0.000000194. The highest BCUT2D eigenvalue weighted by atomic mass is 32.2. The van der Waals surface area contributed by atoms with Crippen molar-refractivity contribution in [3.8, 4) is 0 Å². The van der Waals surface area contributed by atoms with Crippen molar-refractivity contribution >= 4 is 22.4 Å². The van der Waals surface area contributed by atoms with E-state index in [4.69, 9.17) is 5.73 Å². The number of benzene rings is 2. The average molecular weight is 380 g/mol. The molecule has 0 bridgehead atoms. The van der Waals surface area contributed by atoms with Gasteiger partial charge in [-0.05, 0) is 91.7 Å². The number of fused-ring (bicyclic) bond motifs is 1. The van der Waals surface area contributed by atoms with Gasteiger partial charge >= 0.3 is 0 Å². The van der Waals surface area contributed by atoms with Crippen LogP contribution in [0.5, 0.6) is 0 Å². The summed E-state index contributed by atoms with van der Waals surface area (Å²) in [6.45, 7) is 16.5. The summed E-state index contributed by atoms with van der Waals surface area (Å²) in [6, 6.07) is 11.0. The van der Waals surface area contributed by atoms with Gasteiger partial charge in [-0.1, -0.05) is 49.9 Å². The van der Waals surface area contributed by atoms with Gasteiger partial charge in [-0.3, -0.25) is 0 Å². The predicted molar refractivity (Wildman–Crippen MR) is 125 cm³/mol. The molecular formula is C25H33NS. The van der Waals surface area contributed by atoms with Gasteiger partial charge in [0.05, 0.1) is 0 Å². The third kappa shape index (κ3) is 5.52. The zero-order chi connectivity index (χ0) is 20.1. The summed E-state index contributed by atoms with van der Waals surface area (Å²) in [5.74, 6) is 0.751. The number of anilines is 1. The van der Waals surface area contributed by atoms with E-state index < -0.39 is 0 Å². The number of rotatable bonds is 4. The highest BCUT2D eigenvalue weighted by Crippen LogP contribution is 2.35. The van der Waals surface area contributed by atoms with Crippen LogP contribution in [0.1, 0.15) is 59.6 Å². The minimum absolute atomic E-state index is 0.751. The van der Waals surface area contributed by atoms with Crippen LogP contribution in [0.25, 0.3) is 4.91 Å². The summed E-state index contributed by atoms with van der Waals surface area (Å²) in [6.07, 6.45) is 5.58. The molecule has 0 amide bonds. The molecule has 2 aromatic carbocycles. The summed E-state index contributed by atoms with van der Waals surface area (Å²) in [7, 11) is 0. The molecule has 144 valence electrons. The lowest BCUT2D eigenvalue weighted by atomic mass is 9.99. The van der Waals surface area contributed by atoms with Crippen LogP contribution < -0.4 is 5.73 Å². The Morgan fingerprint density at radius 2 is 1.85 bits per heavy atom. The maximum absolute atomic E-state index is 5.80. The smallest absolute Gasteiger partial charge is 0.0346 e. The van der Waals surface area contributed by atoms with E-state index in [0.29, 0.717) is 0 Å². The largest absolute Gasteiger partial charge is 0.399 e. The van der Waals surface area contributed by atoms with Crippen molar-refractivity contribution in [2.45, 2.75) is 52.9 Å². The van der Waals surface area contributed by atoms with E-state index in [2.05, 4.69) is 57.5 Å². The minimum atomic E-state index is 0.751. The molecule has 0 aromatic heterocycles. The molecule has 0 fully saturated rings. The standard InChI is InChI=1S/C13H16S.C12H17N/c1-9-4-5-12-8-11(10(2)14-3)6-7-13(9)12;1-8(2)5-11-6-10(4)12(13)7-9(11)3/h6-9H,2,4-5H2,1,3H3;6-7H,1,5,13H2,2-4H3. The molecule has 0 aliphatic heterocycles. The quantitative estimate of drug-likeness (QED) is 0.454. The SMILES string of the molecule is C=C(C)Cc1cc(C)c(N)cc1C.C=C(SC)c1ccc2c(c1)CCC2C. The fourth-order valence-corrected chi connectivity index (χ4v) is 3.90. The van der Waals surface area contributed by atoms with E-state index in [1.807, 2.05) is 19.9 Å². The molecule has 1 aliphatic carbocycles. The average Bonchev–Trinajstić information content (AvgIpc) is 2.99. The zero-order valence-electron chi connectivity index (χ0n) is 17.5. The number of allylic oxidation sites excluding steroid dienone is 1. The van der Waals surface area contributed by atoms with Crippen molar-refractivity contribution in [1.29, 1.82) is 0 Å². The monoisotopic (exact) mass is 379 g/mol. The van der Waals surface area contributed by atoms with Crippen LogP contribution >= 0.6 is 11.8 Å². The van der Waals surface area contributed by atoms with Gasteiger partial charge in [-0.25, -0.2) is 0 Å². The molecule has 0 spiro atoms. The highest BCUT2D eigenvalue weighted by Gasteiger charge is 2.18. The van der Waals surface area contributed by atoms with Gasteiger partial charge in [-0.2, -0.15) is 0 Å². The van der Waals surface area contributed by atoms with E-state index in [9.17, 15) is 0 Å². The normalized spacial score (nSPS) is 14.9. The zero-order valence-corrected chi connectivity index (χ0v) is 18.3. The van der Waals surface area contributed by atoms with Gasteiger partial charge in [-0.15, -0.1) is 11.8 Å². The highest BCUT2D eigenvalue weighted by molar-refractivity contribution is 8.07. The molecular weight excluding hydrogens is 346 g/mol. The number of nitrogens with two attached hydrogens (primary N) is 1. The Bertz CT molecular complexity index is 848. The Kier molecular flexibility index (Phi) is 7.38. The van der Waals surface area contributed by atoms with E-state index >= 15 is 0 Å². The fraction of sp³-hybridized carbons (Fsp3) is 0.360. The van der Waals surface area contributed by atoms with Crippen molar-refractivity contribution in [2.75, 3.05) is 12.0 Å². The molecule has 0 saturated heterocycles. The molecule has 1 nitrogen and oxygen atoms in total. The molecule has 0 radical (unpaired) electrons. The summed E-state index contributed by atoms with van der Waals surface area (Å²) in [4.78, 5) is 1.17. The lowest BCUT2D eigenvalue weighted by Crippen LogP contribution is -1.96. The van der Waals surface area contributed by atoms with Crippen LogP contribution in [0.2, 0.25) is 0 Å². The Morgan fingerprint density at radius 3 is 2.48 bits per heavy atom. The first-order chi connectivity index (χ1) is 12.7. The topological polar surface area (TPSA) is 26.0 Å². The van der Waals surface area contributed by atoms with E-state index in [0.717, 1.165) is 23.6 Å². The summed E-state index contributed by atoms with van der Waals surface area (Å²) in [5.41, 5.74) is 16.0. The van der Waals surface area contributed by atoms with Gasteiger partial charge in [0.2, 0.25) is 0 Å². The first-order valence-electron chi connectivity index (χ1n) is 9.59. The van der Waals surface area contributed by atoms with E-state index in [-0.39, 0.29) is 0 Å². The van der Waals surface area contributed by atoms with E-state index in [1.54, 1.807) is 17.3 Å². The molecule has 1 unspecified atom stereocenters. The molecule has 3 rings (SSSR count). The fourth-order valence-electron chi connectivity index (χ4n) is 3.54. The second kappa shape index (κ2) is 9.32. The van der Waals surface area contributed by atoms with Crippen LogP contribution in [-0.4, -0.2) is 6.26 Å². The van der Waals surface area contributed by atoms with Crippen LogP contribution in [0.4, 0.5) is 5.69 Å². The van der Waals surface area contributed by atoms with Crippen molar-refractivity contribution in [1.82, 2.24) is 0 Å². The van der Waals surface area contributed by atoms with Gasteiger partial charge in [0.15, 0.2) is 0 Å². The minimum Gasteiger partial charge on any atom is -0.399 e. The Labute approximate surface area is 169 Å². The Hall–Kier alpha value is -1.93. The van der Waals surface area contributed by atoms with Crippen LogP contribution in [0.3, 0.4) is 0 Å². The second-order valence-electron chi connectivity index (χ2n) is 7.75. The molecule has 1 aliphatic rings. The molecule has 2 aromatic rings. The number of nitrogen functional groups attached to an aromatic ring is 1. The van der Waals surface area contributed by atoms with Crippen molar-refractivity contribution < 1.29 is 0 Å². The van der Waals surface area contributed by atoms with Crippen LogP contribution in [-0.2, 0) is 12.8 Å². The second-order valence-corrected chi connectivity index (χ2v) is 8.65. The summed E-state index contributed by atoms with van der Waals surface area (Å²) in [5, 5.41) is 0. The summed E-state index contributed by atoms with van der Waals surface area (Å²) >= 11 is 1.73. The maximum atomic E-state index is 5.80. The predicted octanol–water partition coefficient (Wildman–Crippen LogP) is 7.07. The molecule has 0 heterocycles. The first-order valence-corrected chi connectivity index (χ1v) is 10.8. The molecule has 2 heteroatoms. The number of hydrogen-bond donors (Lipinski definition) is 1. The third-order valence-corrected chi connectivity index (χ3v) is 6.03. The number of thioether (sulfide) groups is 1. The van der Waals surface area contributed by atoms with Gasteiger partial charge in [0.25, 0.3) is 0 Å². The molecule has 0 saturated carbocycles. The Morgan fingerprint density at radius 1 is 1.15 bits per heavy atom. The number of hydrogen-bond acceptors (Lipinski definition) is 2. The maximum Gasteiger partial charge on any atom is 0.0346 e. The first kappa shape index (κ1) is 21.4. The van der Waals surface area contributed by atoms with Crippen LogP contribution in [0, 0.1) is 13.8 Å². The molecule has 1 atom stereocenters. The summed E-state index contributed by atoms with van der Waals surface area (Å²) < 4.78 is 0. The van der Waals surface area contributed by atoms with Crippen molar-refractivity contribution in [3.63, 3.8) is 0 Å². The molecule has 2 N–H and O–H groups in total.